The fourth-order valence-corrected chi connectivity index (χ4v) is 2.66. The summed E-state index contributed by atoms with van der Waals surface area (Å²) < 4.78 is 10.5. The van der Waals surface area contributed by atoms with Gasteiger partial charge in [-0.2, -0.15) is 5.26 Å². The molecule has 0 bridgehead atoms. The molecule has 0 aliphatic carbocycles. The van der Waals surface area contributed by atoms with E-state index in [1.54, 1.807) is 60.7 Å². The highest BCUT2D eigenvalue weighted by Gasteiger charge is 2.13. The molecule has 0 aliphatic rings. The van der Waals surface area contributed by atoms with Crippen molar-refractivity contribution in [3.05, 3.63) is 94.4 Å². The molecule has 1 amide bonds. The molecular weight excluding hydrogens is 392 g/mol. The third kappa shape index (κ3) is 5.34. The fourth-order valence-electron chi connectivity index (χ4n) is 2.45. The van der Waals surface area contributed by atoms with E-state index in [0.29, 0.717) is 11.3 Å². The Bertz CT molecular complexity index is 1100. The highest BCUT2D eigenvalue weighted by molar-refractivity contribution is 6.33. The number of ether oxygens (including phenoxy) is 1. The molecule has 6 nitrogen and oxygen atoms in total. The molecule has 1 aromatic heterocycles. The Kier molecular flexibility index (Phi) is 6.46. The third-order valence-corrected chi connectivity index (χ3v) is 4.17. The van der Waals surface area contributed by atoms with Crippen molar-refractivity contribution in [2.24, 2.45) is 0 Å². The Balaban J connectivity index is 1.72. The summed E-state index contributed by atoms with van der Waals surface area (Å²) in [5, 5.41) is 12.2. The van der Waals surface area contributed by atoms with Crippen LogP contribution in [-0.2, 0) is 11.3 Å². The minimum absolute atomic E-state index is 0.0915. The van der Waals surface area contributed by atoms with Crippen molar-refractivity contribution in [1.82, 2.24) is 5.32 Å². The van der Waals surface area contributed by atoms with E-state index in [2.05, 4.69) is 5.32 Å². The van der Waals surface area contributed by atoms with Crippen LogP contribution in [0.5, 0.6) is 5.75 Å². The second-order valence-electron chi connectivity index (χ2n) is 5.87. The monoisotopic (exact) mass is 406 g/mol. The first-order valence-corrected chi connectivity index (χ1v) is 8.94. The van der Waals surface area contributed by atoms with Gasteiger partial charge in [-0.05, 0) is 48.0 Å². The van der Waals surface area contributed by atoms with Crippen LogP contribution in [0.25, 0.3) is 6.08 Å². The summed E-state index contributed by atoms with van der Waals surface area (Å²) in [6.07, 6.45) is 2.91. The number of amides is 1. The maximum absolute atomic E-state index is 12.3. The van der Waals surface area contributed by atoms with E-state index in [9.17, 15) is 14.9 Å². The largest absolute Gasteiger partial charge is 0.467 e. The minimum atomic E-state index is -0.603. The summed E-state index contributed by atoms with van der Waals surface area (Å²) in [5.74, 6) is -0.308. The van der Waals surface area contributed by atoms with Gasteiger partial charge in [-0.15, -0.1) is 0 Å². The summed E-state index contributed by atoms with van der Waals surface area (Å²) in [5.41, 5.74) is 0.676. The first-order chi connectivity index (χ1) is 14.1. The van der Waals surface area contributed by atoms with Gasteiger partial charge in [-0.3, -0.25) is 4.79 Å². The fraction of sp³-hybridized carbons (Fsp3) is 0.0455. The summed E-state index contributed by atoms with van der Waals surface area (Å²) in [4.78, 5) is 24.5. The van der Waals surface area contributed by atoms with Crippen LogP contribution in [0.15, 0.2) is 76.9 Å². The van der Waals surface area contributed by atoms with Gasteiger partial charge in [-0.25, -0.2) is 4.79 Å². The number of esters is 1. The molecule has 0 spiro atoms. The number of carbonyl (C=O) groups is 2. The third-order valence-electron chi connectivity index (χ3n) is 3.84. The smallest absolute Gasteiger partial charge is 0.345 e. The molecule has 1 N–H and O–H groups in total. The summed E-state index contributed by atoms with van der Waals surface area (Å²) in [7, 11) is 0. The molecule has 1 heterocycles. The lowest BCUT2D eigenvalue weighted by molar-refractivity contribution is -0.117. The van der Waals surface area contributed by atoms with Crippen molar-refractivity contribution >= 4 is 29.6 Å². The van der Waals surface area contributed by atoms with E-state index < -0.39 is 11.9 Å². The van der Waals surface area contributed by atoms with Gasteiger partial charge in [0.15, 0.2) is 0 Å². The Morgan fingerprint density at radius 2 is 1.97 bits per heavy atom. The van der Waals surface area contributed by atoms with Crippen LogP contribution in [-0.4, -0.2) is 11.9 Å². The quantitative estimate of drug-likeness (QED) is 0.284. The average molecular weight is 407 g/mol. The van der Waals surface area contributed by atoms with Gasteiger partial charge in [-0.1, -0.05) is 35.9 Å². The molecule has 29 heavy (non-hydrogen) atoms. The minimum Gasteiger partial charge on any atom is -0.467 e. The standard InChI is InChI=1S/C22H15ClN2O4/c23-20-9-2-1-8-19(20)22(27)29-17-6-3-5-15(12-17)11-16(13-24)21(26)25-14-18-7-4-10-28-18/h1-12H,14H2,(H,25,26)/b16-11+. The molecule has 0 saturated carbocycles. The van der Waals surface area contributed by atoms with Crippen molar-refractivity contribution in [3.63, 3.8) is 0 Å². The van der Waals surface area contributed by atoms with E-state index in [-0.39, 0.29) is 28.5 Å². The number of carbonyl (C=O) groups excluding carboxylic acids is 2. The van der Waals surface area contributed by atoms with Crippen LogP contribution < -0.4 is 10.1 Å². The molecule has 0 radical (unpaired) electrons. The van der Waals surface area contributed by atoms with Crippen molar-refractivity contribution in [2.75, 3.05) is 0 Å². The van der Waals surface area contributed by atoms with Gasteiger partial charge in [0.1, 0.15) is 23.2 Å². The lowest BCUT2D eigenvalue weighted by atomic mass is 10.1. The SMILES string of the molecule is N#C/C(=C\c1cccc(OC(=O)c2ccccc2Cl)c1)C(=O)NCc1ccco1. The van der Waals surface area contributed by atoms with Crippen molar-refractivity contribution in [3.8, 4) is 11.8 Å². The zero-order chi connectivity index (χ0) is 20.6. The molecule has 0 atom stereocenters. The molecule has 0 fully saturated rings. The number of hydrogen-bond donors (Lipinski definition) is 1. The predicted octanol–water partition coefficient (Wildman–Crippen LogP) is 4.38. The molecule has 0 aliphatic heterocycles. The second-order valence-corrected chi connectivity index (χ2v) is 6.28. The number of rotatable bonds is 6. The lowest BCUT2D eigenvalue weighted by Crippen LogP contribution is -2.23. The number of benzene rings is 2. The number of furan rings is 1. The summed E-state index contributed by atoms with van der Waals surface area (Å²) in [6, 6.07) is 18.3. The molecule has 3 rings (SSSR count). The van der Waals surface area contributed by atoms with E-state index in [1.165, 1.54) is 12.3 Å². The number of nitrogens with zero attached hydrogens (tertiary/aromatic N) is 1. The van der Waals surface area contributed by atoms with Crippen molar-refractivity contribution < 1.29 is 18.7 Å². The zero-order valence-electron chi connectivity index (χ0n) is 15.1. The molecule has 0 saturated heterocycles. The molecule has 144 valence electrons. The Labute approximate surface area is 172 Å². The Morgan fingerprint density at radius 3 is 2.69 bits per heavy atom. The van der Waals surface area contributed by atoms with Crippen LogP contribution in [0.1, 0.15) is 21.7 Å². The normalized spacial score (nSPS) is 10.8. The van der Waals surface area contributed by atoms with Crippen LogP contribution in [0.2, 0.25) is 5.02 Å². The van der Waals surface area contributed by atoms with Gasteiger partial charge >= 0.3 is 5.97 Å². The Hall–Kier alpha value is -3.82. The number of nitrogens with one attached hydrogen (secondary N) is 1. The summed E-state index contributed by atoms with van der Waals surface area (Å²) in [6.45, 7) is 0.167. The van der Waals surface area contributed by atoms with Crippen LogP contribution >= 0.6 is 11.6 Å². The second kappa shape index (κ2) is 9.40. The Morgan fingerprint density at radius 1 is 1.14 bits per heavy atom. The van der Waals surface area contributed by atoms with Gasteiger partial charge in [0.2, 0.25) is 0 Å². The number of hydrogen-bond acceptors (Lipinski definition) is 5. The van der Waals surface area contributed by atoms with Crippen LogP contribution in [0.4, 0.5) is 0 Å². The van der Waals surface area contributed by atoms with Gasteiger partial charge in [0.25, 0.3) is 5.91 Å². The first-order valence-electron chi connectivity index (χ1n) is 8.56. The predicted molar refractivity (Wildman–Crippen MR) is 107 cm³/mol. The van der Waals surface area contributed by atoms with E-state index in [0.717, 1.165) is 0 Å². The topological polar surface area (TPSA) is 92.3 Å². The highest BCUT2D eigenvalue weighted by atomic mass is 35.5. The molecular formula is C22H15ClN2O4. The van der Waals surface area contributed by atoms with Gasteiger partial charge in [0, 0.05) is 0 Å². The molecule has 3 aromatic rings. The van der Waals surface area contributed by atoms with Gasteiger partial charge in [0.05, 0.1) is 23.4 Å². The maximum atomic E-state index is 12.3. The maximum Gasteiger partial charge on any atom is 0.345 e. The average Bonchev–Trinajstić information content (AvgIpc) is 3.24. The number of nitriles is 1. The lowest BCUT2D eigenvalue weighted by Gasteiger charge is -2.07. The molecule has 7 heteroatoms. The first kappa shape index (κ1) is 19.9. The van der Waals surface area contributed by atoms with Crippen LogP contribution in [0.3, 0.4) is 0 Å². The highest BCUT2D eigenvalue weighted by Crippen LogP contribution is 2.20. The van der Waals surface area contributed by atoms with E-state index in [4.69, 9.17) is 20.8 Å². The van der Waals surface area contributed by atoms with Gasteiger partial charge < -0.3 is 14.5 Å². The van der Waals surface area contributed by atoms with Crippen molar-refractivity contribution in [1.29, 1.82) is 5.26 Å². The van der Waals surface area contributed by atoms with Crippen molar-refractivity contribution in [2.45, 2.75) is 6.54 Å². The molecule has 0 unspecified atom stereocenters. The number of halogens is 1. The van der Waals surface area contributed by atoms with E-state index in [1.807, 2.05) is 6.07 Å². The summed E-state index contributed by atoms with van der Waals surface area (Å²) >= 11 is 6.01. The van der Waals surface area contributed by atoms with E-state index >= 15 is 0 Å². The molecule has 2 aromatic carbocycles. The van der Waals surface area contributed by atoms with Crippen LogP contribution in [0, 0.1) is 11.3 Å². The zero-order valence-corrected chi connectivity index (χ0v) is 15.8.